The van der Waals surface area contributed by atoms with E-state index in [0.29, 0.717) is 29.2 Å². The minimum atomic E-state index is -0.385. The molecule has 0 spiro atoms. The maximum Gasteiger partial charge on any atom is 0.256 e. The van der Waals surface area contributed by atoms with Gasteiger partial charge in [-0.25, -0.2) is 0 Å². The number of hydrogen-bond donors (Lipinski definition) is 0. The predicted molar refractivity (Wildman–Crippen MR) is 74.9 cm³/mol. The first-order chi connectivity index (χ1) is 9.63. The number of carbonyl (C=O) groups excluding carboxylic acids is 2. The molecule has 106 valence electrons. The minimum Gasteiger partial charge on any atom is -0.364 e. The van der Waals surface area contributed by atoms with Gasteiger partial charge in [0.15, 0.2) is 0 Å². The molecule has 1 saturated heterocycles. The lowest BCUT2D eigenvalue weighted by Gasteiger charge is -2.25. The summed E-state index contributed by atoms with van der Waals surface area (Å²) in [7, 11) is 1.53. The molecule has 1 atom stereocenters. The van der Waals surface area contributed by atoms with Gasteiger partial charge in [0.2, 0.25) is 0 Å². The zero-order valence-electron chi connectivity index (χ0n) is 11.1. The molecule has 5 nitrogen and oxygen atoms in total. The second-order valence-corrected chi connectivity index (χ2v) is 5.44. The maximum atomic E-state index is 12.6. The summed E-state index contributed by atoms with van der Waals surface area (Å²) >= 11 is 5.99. The number of ether oxygens (including phenoxy) is 1. The van der Waals surface area contributed by atoms with Crippen molar-refractivity contribution in [2.24, 2.45) is 0 Å². The second kappa shape index (κ2) is 5.07. The normalized spacial score (nSPS) is 21.8. The summed E-state index contributed by atoms with van der Waals surface area (Å²) in [5.74, 6) is -0.212. The Balaban J connectivity index is 2.15. The van der Waals surface area contributed by atoms with Crippen molar-refractivity contribution in [3.8, 4) is 0 Å². The third-order valence-electron chi connectivity index (χ3n) is 3.80. The van der Waals surface area contributed by atoms with E-state index in [0.717, 1.165) is 6.42 Å². The van der Waals surface area contributed by atoms with Crippen LogP contribution in [0.3, 0.4) is 0 Å². The van der Waals surface area contributed by atoms with Crippen LogP contribution in [0.15, 0.2) is 18.2 Å². The summed E-state index contributed by atoms with van der Waals surface area (Å²) in [6, 6.07) is 4.62. The van der Waals surface area contributed by atoms with Gasteiger partial charge in [-0.15, -0.1) is 0 Å². The Labute approximate surface area is 122 Å². The fourth-order valence-corrected chi connectivity index (χ4v) is 3.07. The molecule has 1 aromatic rings. The van der Waals surface area contributed by atoms with Gasteiger partial charge in [-0.05, 0) is 31.0 Å². The number of carbonyl (C=O) groups is 2. The molecule has 3 rings (SSSR count). The molecule has 2 aliphatic rings. The van der Waals surface area contributed by atoms with Gasteiger partial charge < -0.3 is 9.64 Å². The van der Waals surface area contributed by atoms with Gasteiger partial charge in [-0.2, -0.15) is 0 Å². The van der Waals surface area contributed by atoms with Crippen molar-refractivity contribution in [1.29, 1.82) is 0 Å². The molecule has 2 amide bonds. The predicted octanol–water partition coefficient (Wildman–Crippen LogP) is 1.90. The molecule has 0 saturated carbocycles. The van der Waals surface area contributed by atoms with Crippen LogP contribution in [-0.4, -0.2) is 43.1 Å². The number of methoxy groups -OCH3 is 1. The molecule has 0 unspecified atom stereocenters. The van der Waals surface area contributed by atoms with Crippen LogP contribution in [0, 0.1) is 0 Å². The van der Waals surface area contributed by atoms with Gasteiger partial charge in [0.25, 0.3) is 11.8 Å². The molecular weight excluding hydrogens is 280 g/mol. The molecule has 0 aliphatic carbocycles. The Bertz CT molecular complexity index is 576. The lowest BCUT2D eigenvalue weighted by Crippen LogP contribution is -2.45. The molecular formula is C14H15ClN2O3. The summed E-state index contributed by atoms with van der Waals surface area (Å²) in [6.45, 7) is 0.743. The quantitative estimate of drug-likeness (QED) is 0.837. The number of hydrogen-bond acceptors (Lipinski definition) is 3. The molecule has 1 fully saturated rings. The molecule has 0 aromatic heterocycles. The Kier molecular flexibility index (Phi) is 3.40. The molecule has 0 bridgehead atoms. The highest BCUT2D eigenvalue weighted by Gasteiger charge is 2.41. The summed E-state index contributed by atoms with van der Waals surface area (Å²) in [5.41, 5.74) is 1.04. The minimum absolute atomic E-state index is 0.0845. The Morgan fingerprint density at radius 2 is 2.20 bits per heavy atom. The smallest absolute Gasteiger partial charge is 0.256 e. The van der Waals surface area contributed by atoms with Crippen molar-refractivity contribution in [1.82, 2.24) is 4.90 Å². The van der Waals surface area contributed by atoms with E-state index in [1.807, 2.05) is 0 Å². The lowest BCUT2D eigenvalue weighted by atomic mass is 10.1. The van der Waals surface area contributed by atoms with Gasteiger partial charge in [-0.1, -0.05) is 11.6 Å². The molecule has 1 aromatic carbocycles. The lowest BCUT2D eigenvalue weighted by molar-refractivity contribution is -0.123. The number of nitrogens with zero attached hydrogens (tertiary/aromatic N) is 2. The van der Waals surface area contributed by atoms with Gasteiger partial charge in [0.1, 0.15) is 12.8 Å². The summed E-state index contributed by atoms with van der Waals surface area (Å²) < 4.78 is 5.12. The second-order valence-electron chi connectivity index (χ2n) is 5.00. The van der Waals surface area contributed by atoms with Crippen molar-refractivity contribution in [3.63, 3.8) is 0 Å². The van der Waals surface area contributed by atoms with Gasteiger partial charge in [0, 0.05) is 18.7 Å². The van der Waals surface area contributed by atoms with Crippen molar-refractivity contribution in [2.75, 3.05) is 25.3 Å². The zero-order valence-corrected chi connectivity index (χ0v) is 11.9. The van der Waals surface area contributed by atoms with E-state index >= 15 is 0 Å². The van der Waals surface area contributed by atoms with Gasteiger partial charge >= 0.3 is 0 Å². The van der Waals surface area contributed by atoms with Crippen LogP contribution in [0.1, 0.15) is 23.2 Å². The Morgan fingerprint density at radius 1 is 1.40 bits per heavy atom. The number of amides is 2. The monoisotopic (exact) mass is 294 g/mol. The number of anilines is 1. The number of fused-ring (bicyclic) bond motifs is 2. The van der Waals surface area contributed by atoms with E-state index in [9.17, 15) is 9.59 Å². The highest BCUT2D eigenvalue weighted by molar-refractivity contribution is 6.31. The van der Waals surface area contributed by atoms with Gasteiger partial charge in [-0.3, -0.25) is 14.5 Å². The van der Waals surface area contributed by atoms with E-state index in [1.165, 1.54) is 12.0 Å². The number of benzene rings is 1. The highest BCUT2D eigenvalue weighted by atomic mass is 35.5. The topological polar surface area (TPSA) is 49.9 Å². The molecule has 2 aliphatic heterocycles. The van der Waals surface area contributed by atoms with Crippen molar-refractivity contribution in [2.45, 2.75) is 18.9 Å². The van der Waals surface area contributed by atoms with Crippen LogP contribution in [0.5, 0.6) is 0 Å². The van der Waals surface area contributed by atoms with Crippen molar-refractivity contribution >= 4 is 29.1 Å². The number of halogens is 1. The first-order valence-corrected chi connectivity index (χ1v) is 6.92. The standard InChI is InChI=1S/C14H15ClN2O3/c1-20-8-17-11-5-4-9(15)7-10(11)13(18)16-6-2-3-12(16)14(17)19/h4-5,7,12H,2-3,6,8H2,1H3/t12-/m0/s1. The zero-order chi connectivity index (χ0) is 14.3. The molecule has 6 heteroatoms. The third-order valence-corrected chi connectivity index (χ3v) is 4.04. The van der Waals surface area contributed by atoms with Crippen LogP contribution >= 0.6 is 11.6 Å². The van der Waals surface area contributed by atoms with E-state index in [2.05, 4.69) is 0 Å². The van der Waals surface area contributed by atoms with E-state index in [-0.39, 0.29) is 24.6 Å². The van der Waals surface area contributed by atoms with Crippen LogP contribution in [0.2, 0.25) is 5.02 Å². The van der Waals surface area contributed by atoms with E-state index in [4.69, 9.17) is 16.3 Å². The molecule has 20 heavy (non-hydrogen) atoms. The highest BCUT2D eigenvalue weighted by Crippen LogP contribution is 2.33. The van der Waals surface area contributed by atoms with Crippen LogP contribution in [0.4, 0.5) is 5.69 Å². The largest absolute Gasteiger partial charge is 0.364 e. The van der Waals surface area contributed by atoms with Crippen LogP contribution < -0.4 is 4.90 Å². The average molecular weight is 295 g/mol. The van der Waals surface area contributed by atoms with Gasteiger partial charge in [0.05, 0.1) is 11.3 Å². The number of rotatable bonds is 2. The van der Waals surface area contributed by atoms with Crippen LogP contribution in [0.25, 0.3) is 0 Å². The maximum absolute atomic E-state index is 12.6. The summed E-state index contributed by atoms with van der Waals surface area (Å²) in [6.07, 6.45) is 1.55. The van der Waals surface area contributed by atoms with Crippen molar-refractivity contribution in [3.05, 3.63) is 28.8 Å². The summed E-state index contributed by atoms with van der Waals surface area (Å²) in [4.78, 5) is 28.4. The van der Waals surface area contributed by atoms with Crippen molar-refractivity contribution < 1.29 is 14.3 Å². The first kappa shape index (κ1) is 13.4. The fraction of sp³-hybridized carbons (Fsp3) is 0.429. The van der Waals surface area contributed by atoms with Crippen LogP contribution in [-0.2, 0) is 9.53 Å². The Morgan fingerprint density at radius 3 is 2.95 bits per heavy atom. The summed E-state index contributed by atoms with van der Waals surface area (Å²) in [5, 5.41) is 0.486. The fourth-order valence-electron chi connectivity index (χ4n) is 2.90. The molecule has 0 radical (unpaired) electrons. The SMILES string of the molecule is COCN1C(=O)[C@@H]2CCCN2C(=O)c2cc(Cl)ccc21. The average Bonchev–Trinajstić information content (AvgIpc) is 2.90. The molecule has 2 heterocycles. The van der Waals surface area contributed by atoms with E-state index < -0.39 is 0 Å². The van der Waals surface area contributed by atoms with E-state index in [1.54, 1.807) is 23.1 Å². The Hall–Kier alpha value is -1.59. The molecule has 0 N–H and O–H groups in total. The first-order valence-electron chi connectivity index (χ1n) is 6.54. The third kappa shape index (κ3) is 1.98.